The highest BCUT2D eigenvalue weighted by atomic mass is 16.1. The Morgan fingerprint density at radius 3 is 2.75 bits per heavy atom. The number of fused-ring (bicyclic) bond motifs is 1. The van der Waals surface area contributed by atoms with Crippen LogP contribution in [0.2, 0.25) is 0 Å². The van der Waals surface area contributed by atoms with E-state index in [9.17, 15) is 4.79 Å². The third-order valence-corrected chi connectivity index (χ3v) is 3.60. The summed E-state index contributed by atoms with van der Waals surface area (Å²) in [4.78, 5) is 18.4. The van der Waals surface area contributed by atoms with Crippen LogP contribution in [0.4, 0.5) is 5.82 Å². The van der Waals surface area contributed by atoms with E-state index >= 15 is 0 Å². The predicted octanol–water partition coefficient (Wildman–Crippen LogP) is 0.680. The van der Waals surface area contributed by atoms with E-state index in [1.165, 1.54) is 4.40 Å². The summed E-state index contributed by atoms with van der Waals surface area (Å²) in [5, 5.41) is 6.47. The molecule has 3 N–H and O–H groups in total. The molecule has 7 heteroatoms. The van der Waals surface area contributed by atoms with Crippen molar-refractivity contribution in [2.45, 2.75) is 39.7 Å². The minimum atomic E-state index is -0.260. The lowest BCUT2D eigenvalue weighted by atomic mass is 10.1. The van der Waals surface area contributed by atoms with Crippen LogP contribution in [0, 0.1) is 6.92 Å². The minimum absolute atomic E-state index is 0.260. The van der Waals surface area contributed by atoms with Crippen LogP contribution < -0.4 is 16.3 Å². The van der Waals surface area contributed by atoms with Gasteiger partial charge in [-0.3, -0.25) is 0 Å². The Bertz CT molecular complexity index is 627. The molecular weight excluding hydrogens is 256 g/mol. The number of H-pyrrole nitrogens is 1. The van der Waals surface area contributed by atoms with Gasteiger partial charge in [0, 0.05) is 25.2 Å². The van der Waals surface area contributed by atoms with E-state index in [1.54, 1.807) is 6.92 Å². The second kappa shape index (κ2) is 6.04. The molecular formula is C13H22N6O. The van der Waals surface area contributed by atoms with Gasteiger partial charge in [0.15, 0.2) is 5.65 Å². The van der Waals surface area contributed by atoms with E-state index in [2.05, 4.69) is 33.9 Å². The SMILES string of the molecule is CCC(CC)N(CCN)c1cc2n[nH]c(=O)n2c(C)n1. The summed E-state index contributed by atoms with van der Waals surface area (Å²) in [5.74, 6) is 1.46. The maximum atomic E-state index is 11.6. The van der Waals surface area contributed by atoms with Crippen LogP contribution in [-0.2, 0) is 0 Å². The van der Waals surface area contributed by atoms with E-state index in [0.29, 0.717) is 24.1 Å². The lowest BCUT2D eigenvalue weighted by molar-refractivity contribution is 0.553. The summed E-state index contributed by atoms with van der Waals surface area (Å²) in [7, 11) is 0. The number of nitrogens with zero attached hydrogens (tertiary/aromatic N) is 4. The van der Waals surface area contributed by atoms with Crippen molar-refractivity contribution in [3.63, 3.8) is 0 Å². The number of hydrogen-bond donors (Lipinski definition) is 2. The van der Waals surface area contributed by atoms with Crippen molar-refractivity contribution in [1.29, 1.82) is 0 Å². The Balaban J connectivity index is 2.50. The van der Waals surface area contributed by atoms with E-state index in [4.69, 9.17) is 5.73 Å². The van der Waals surface area contributed by atoms with Crippen LogP contribution in [0.1, 0.15) is 32.5 Å². The van der Waals surface area contributed by atoms with Gasteiger partial charge in [0.05, 0.1) is 0 Å². The average molecular weight is 278 g/mol. The molecule has 2 heterocycles. The highest BCUT2D eigenvalue weighted by Gasteiger charge is 2.18. The van der Waals surface area contributed by atoms with Gasteiger partial charge >= 0.3 is 5.69 Å². The molecule has 2 aromatic heterocycles. The first-order valence-corrected chi connectivity index (χ1v) is 7.03. The Kier molecular flexibility index (Phi) is 4.39. The number of aromatic nitrogens is 4. The van der Waals surface area contributed by atoms with Crippen molar-refractivity contribution in [1.82, 2.24) is 19.6 Å². The molecule has 0 bridgehead atoms. The van der Waals surface area contributed by atoms with Crippen molar-refractivity contribution in [2.75, 3.05) is 18.0 Å². The van der Waals surface area contributed by atoms with Gasteiger partial charge in [0.2, 0.25) is 0 Å². The number of anilines is 1. The predicted molar refractivity (Wildman–Crippen MR) is 79.1 cm³/mol. The average Bonchev–Trinajstić information content (AvgIpc) is 2.81. The molecule has 0 amide bonds. The molecule has 20 heavy (non-hydrogen) atoms. The normalized spacial score (nSPS) is 11.4. The fourth-order valence-corrected chi connectivity index (χ4v) is 2.58. The molecule has 2 aromatic rings. The maximum absolute atomic E-state index is 11.6. The Morgan fingerprint density at radius 1 is 1.45 bits per heavy atom. The quantitative estimate of drug-likeness (QED) is 0.810. The fourth-order valence-electron chi connectivity index (χ4n) is 2.58. The number of rotatable bonds is 6. The molecule has 0 aliphatic heterocycles. The van der Waals surface area contributed by atoms with Gasteiger partial charge in [-0.1, -0.05) is 13.8 Å². The molecule has 0 radical (unpaired) electrons. The van der Waals surface area contributed by atoms with Gasteiger partial charge in [-0.15, -0.1) is 0 Å². The molecule has 0 spiro atoms. The smallest absolute Gasteiger partial charge is 0.349 e. The topological polar surface area (TPSA) is 92.3 Å². The molecule has 0 aliphatic carbocycles. The Labute approximate surface area is 117 Å². The molecule has 0 aromatic carbocycles. The van der Waals surface area contributed by atoms with Crippen LogP contribution in [0.25, 0.3) is 5.65 Å². The van der Waals surface area contributed by atoms with Gasteiger partial charge in [-0.25, -0.2) is 19.3 Å². The molecule has 110 valence electrons. The number of aryl methyl sites for hydroxylation is 1. The van der Waals surface area contributed by atoms with E-state index in [-0.39, 0.29) is 5.69 Å². The van der Waals surface area contributed by atoms with Crippen LogP contribution in [0.15, 0.2) is 10.9 Å². The monoisotopic (exact) mass is 278 g/mol. The van der Waals surface area contributed by atoms with E-state index < -0.39 is 0 Å². The van der Waals surface area contributed by atoms with Crippen molar-refractivity contribution < 1.29 is 0 Å². The molecule has 0 saturated carbocycles. The summed E-state index contributed by atoms with van der Waals surface area (Å²) < 4.78 is 1.47. The van der Waals surface area contributed by atoms with Crippen LogP contribution in [-0.4, -0.2) is 38.7 Å². The largest absolute Gasteiger partial charge is 0.352 e. The second-order valence-corrected chi connectivity index (χ2v) is 4.84. The highest BCUT2D eigenvalue weighted by Crippen LogP contribution is 2.19. The first-order chi connectivity index (χ1) is 9.62. The van der Waals surface area contributed by atoms with Crippen molar-refractivity contribution >= 4 is 11.5 Å². The summed E-state index contributed by atoms with van der Waals surface area (Å²) in [6.07, 6.45) is 2.05. The first kappa shape index (κ1) is 14.5. The van der Waals surface area contributed by atoms with Crippen molar-refractivity contribution in [3.8, 4) is 0 Å². The zero-order valence-corrected chi connectivity index (χ0v) is 12.3. The van der Waals surface area contributed by atoms with Gasteiger partial charge in [0.1, 0.15) is 11.6 Å². The van der Waals surface area contributed by atoms with Crippen LogP contribution in [0.5, 0.6) is 0 Å². The second-order valence-electron chi connectivity index (χ2n) is 4.84. The molecule has 0 fully saturated rings. The molecule has 0 saturated heterocycles. The van der Waals surface area contributed by atoms with Crippen molar-refractivity contribution in [2.24, 2.45) is 5.73 Å². The zero-order valence-electron chi connectivity index (χ0n) is 12.3. The Hall–Kier alpha value is -1.89. The number of hydrogen-bond acceptors (Lipinski definition) is 5. The lowest BCUT2D eigenvalue weighted by Gasteiger charge is -2.31. The van der Waals surface area contributed by atoms with E-state index in [1.807, 2.05) is 6.07 Å². The summed E-state index contributed by atoms with van der Waals surface area (Å²) in [6.45, 7) is 7.42. The van der Waals surface area contributed by atoms with Gasteiger partial charge < -0.3 is 10.6 Å². The minimum Gasteiger partial charge on any atom is -0.352 e. The first-order valence-electron chi connectivity index (χ1n) is 7.03. The van der Waals surface area contributed by atoms with Gasteiger partial charge in [-0.05, 0) is 19.8 Å². The fraction of sp³-hybridized carbons (Fsp3) is 0.615. The Morgan fingerprint density at radius 2 is 2.15 bits per heavy atom. The number of nitrogens with two attached hydrogens (primary N) is 1. The van der Waals surface area contributed by atoms with Crippen LogP contribution in [0.3, 0.4) is 0 Å². The summed E-state index contributed by atoms with van der Waals surface area (Å²) in [5.41, 5.74) is 6.05. The lowest BCUT2D eigenvalue weighted by Crippen LogP contribution is -2.39. The van der Waals surface area contributed by atoms with Gasteiger partial charge in [0.25, 0.3) is 0 Å². The van der Waals surface area contributed by atoms with E-state index in [0.717, 1.165) is 25.2 Å². The summed E-state index contributed by atoms with van der Waals surface area (Å²) >= 11 is 0. The third kappa shape index (κ3) is 2.53. The van der Waals surface area contributed by atoms with Gasteiger partial charge in [-0.2, -0.15) is 5.10 Å². The molecule has 7 nitrogen and oxygen atoms in total. The molecule has 0 atom stereocenters. The number of aromatic amines is 1. The number of nitrogens with one attached hydrogen (secondary N) is 1. The van der Waals surface area contributed by atoms with Crippen LogP contribution >= 0.6 is 0 Å². The maximum Gasteiger partial charge on any atom is 0.349 e. The molecule has 0 aliphatic rings. The standard InChI is InChI=1S/C13H22N6O/c1-4-10(5-2)18(7-6-14)11-8-12-16-17-13(20)19(12)9(3)15-11/h8,10H,4-7,14H2,1-3H3,(H,17,20). The highest BCUT2D eigenvalue weighted by molar-refractivity contribution is 5.52. The van der Waals surface area contributed by atoms with Crippen molar-refractivity contribution in [3.05, 3.63) is 22.4 Å². The molecule has 2 rings (SSSR count). The molecule has 0 unspecified atom stereocenters. The summed E-state index contributed by atoms with van der Waals surface area (Å²) in [6, 6.07) is 2.22. The zero-order chi connectivity index (χ0) is 14.7. The third-order valence-electron chi connectivity index (χ3n) is 3.60.